The summed E-state index contributed by atoms with van der Waals surface area (Å²) < 4.78 is 76.0. The Kier molecular flexibility index (Phi) is 4.35. The van der Waals surface area contributed by atoms with E-state index in [0.717, 1.165) is 19.3 Å². The summed E-state index contributed by atoms with van der Waals surface area (Å²) in [6.45, 7) is 2.01. The fourth-order valence-electron chi connectivity index (χ4n) is 4.02. The molecule has 0 aliphatic heterocycles. The van der Waals surface area contributed by atoms with Crippen LogP contribution < -0.4 is 0 Å². The molecule has 0 saturated heterocycles. The van der Waals surface area contributed by atoms with Crippen molar-refractivity contribution in [3.63, 3.8) is 0 Å². The maximum absolute atomic E-state index is 12.7. The SMILES string of the molecule is CCCC12C=CC(C1)C(CCC(O)(C(F)(F)F)C(F)(F)F)C2. The molecule has 0 aromatic heterocycles. The van der Waals surface area contributed by atoms with Crippen molar-refractivity contribution in [1.29, 1.82) is 0 Å². The number of hydrogen-bond donors (Lipinski definition) is 1. The smallest absolute Gasteiger partial charge is 0.374 e. The van der Waals surface area contributed by atoms with Gasteiger partial charge < -0.3 is 5.11 Å². The molecule has 0 heterocycles. The van der Waals surface area contributed by atoms with Crippen LogP contribution >= 0.6 is 0 Å². The third-order valence-electron chi connectivity index (χ3n) is 5.18. The Balaban J connectivity index is 2.05. The highest BCUT2D eigenvalue weighted by atomic mass is 19.4. The van der Waals surface area contributed by atoms with Crippen LogP contribution in [-0.2, 0) is 0 Å². The molecule has 1 nitrogen and oxygen atoms in total. The first-order valence-corrected chi connectivity index (χ1v) is 7.49. The van der Waals surface area contributed by atoms with E-state index in [0.29, 0.717) is 6.42 Å². The average molecular weight is 330 g/mol. The predicted octanol–water partition coefficient (Wildman–Crippen LogP) is 5.00. The third kappa shape index (κ3) is 2.88. The summed E-state index contributed by atoms with van der Waals surface area (Å²) in [5.41, 5.74) is -4.66. The van der Waals surface area contributed by atoms with Crippen LogP contribution in [-0.4, -0.2) is 23.1 Å². The summed E-state index contributed by atoms with van der Waals surface area (Å²) in [6, 6.07) is 0. The molecule has 1 fully saturated rings. The molecule has 1 saturated carbocycles. The molecule has 7 heteroatoms. The van der Waals surface area contributed by atoms with Crippen molar-refractivity contribution in [3.05, 3.63) is 12.2 Å². The number of alkyl halides is 6. The monoisotopic (exact) mass is 330 g/mol. The molecule has 3 atom stereocenters. The second kappa shape index (κ2) is 5.42. The second-order valence-corrected chi connectivity index (χ2v) is 6.70. The van der Waals surface area contributed by atoms with E-state index in [2.05, 4.69) is 6.08 Å². The molecule has 3 unspecified atom stereocenters. The molecule has 2 bridgehead atoms. The number of allylic oxidation sites excluding steroid dienone is 2. The Bertz CT molecular complexity index is 424. The van der Waals surface area contributed by atoms with Gasteiger partial charge in [0.05, 0.1) is 0 Å². The Morgan fingerprint density at radius 2 is 1.68 bits per heavy atom. The lowest BCUT2D eigenvalue weighted by atomic mass is 9.78. The van der Waals surface area contributed by atoms with E-state index in [1.54, 1.807) is 0 Å². The largest absolute Gasteiger partial charge is 0.426 e. The molecule has 0 aromatic carbocycles. The minimum Gasteiger partial charge on any atom is -0.374 e. The fourth-order valence-corrected chi connectivity index (χ4v) is 4.02. The number of rotatable bonds is 5. The van der Waals surface area contributed by atoms with E-state index in [9.17, 15) is 31.4 Å². The van der Waals surface area contributed by atoms with Crippen LogP contribution in [0.3, 0.4) is 0 Å². The Labute approximate surface area is 125 Å². The highest BCUT2D eigenvalue weighted by molar-refractivity contribution is 5.18. The number of halogens is 6. The lowest BCUT2D eigenvalue weighted by molar-refractivity contribution is -0.370. The normalized spacial score (nSPS) is 32.0. The van der Waals surface area contributed by atoms with Gasteiger partial charge in [-0.05, 0) is 49.4 Å². The molecule has 2 aliphatic rings. The first-order chi connectivity index (χ1) is 9.94. The zero-order valence-corrected chi connectivity index (χ0v) is 12.3. The first kappa shape index (κ1) is 17.6. The van der Waals surface area contributed by atoms with Gasteiger partial charge in [-0.25, -0.2) is 0 Å². The van der Waals surface area contributed by atoms with E-state index >= 15 is 0 Å². The van der Waals surface area contributed by atoms with E-state index in [-0.39, 0.29) is 23.7 Å². The summed E-state index contributed by atoms with van der Waals surface area (Å²) in [6.07, 6.45) is -5.76. The van der Waals surface area contributed by atoms with Crippen molar-refractivity contribution in [2.24, 2.45) is 17.3 Å². The van der Waals surface area contributed by atoms with Gasteiger partial charge in [0.15, 0.2) is 0 Å². The number of fused-ring (bicyclic) bond motifs is 2. The predicted molar refractivity (Wildman–Crippen MR) is 69.0 cm³/mol. The molecule has 22 heavy (non-hydrogen) atoms. The van der Waals surface area contributed by atoms with Gasteiger partial charge in [0.2, 0.25) is 0 Å². The first-order valence-electron chi connectivity index (χ1n) is 7.49. The molecule has 0 amide bonds. The second-order valence-electron chi connectivity index (χ2n) is 6.70. The Hall–Kier alpha value is -0.720. The maximum Gasteiger partial charge on any atom is 0.426 e. The summed E-state index contributed by atoms with van der Waals surface area (Å²) in [5.74, 6) is -0.176. The Morgan fingerprint density at radius 1 is 1.09 bits per heavy atom. The standard InChI is InChI=1S/C15H20F6O/c1-2-5-12-6-3-10(8-12)11(9-12)4-7-13(22,14(16,17)18)15(19,20)21/h3,6,10-11,22H,2,4-5,7-9H2,1H3. The van der Waals surface area contributed by atoms with Gasteiger partial charge in [0.1, 0.15) is 0 Å². The van der Waals surface area contributed by atoms with Crippen LogP contribution in [0.1, 0.15) is 45.4 Å². The van der Waals surface area contributed by atoms with Crippen molar-refractivity contribution < 1.29 is 31.4 Å². The van der Waals surface area contributed by atoms with Crippen molar-refractivity contribution in [1.82, 2.24) is 0 Å². The van der Waals surface area contributed by atoms with E-state index in [1.165, 1.54) is 0 Å². The van der Waals surface area contributed by atoms with Crippen LogP contribution in [0.5, 0.6) is 0 Å². The lowest BCUT2D eigenvalue weighted by Crippen LogP contribution is -2.57. The van der Waals surface area contributed by atoms with E-state index in [1.807, 2.05) is 13.0 Å². The fraction of sp³-hybridized carbons (Fsp3) is 0.867. The van der Waals surface area contributed by atoms with Gasteiger partial charge in [-0.3, -0.25) is 0 Å². The van der Waals surface area contributed by atoms with Crippen LogP contribution in [0.2, 0.25) is 0 Å². The van der Waals surface area contributed by atoms with Crippen LogP contribution in [0, 0.1) is 17.3 Å². The summed E-state index contributed by atoms with van der Waals surface area (Å²) in [7, 11) is 0. The van der Waals surface area contributed by atoms with Crippen molar-refractivity contribution in [2.45, 2.75) is 63.4 Å². The molecule has 2 aliphatic carbocycles. The van der Waals surface area contributed by atoms with Gasteiger partial charge in [0.25, 0.3) is 5.60 Å². The summed E-state index contributed by atoms with van der Waals surface area (Å²) in [5, 5.41) is 9.21. The molecular formula is C15H20F6O. The highest BCUT2D eigenvalue weighted by Gasteiger charge is 2.70. The molecule has 0 aromatic rings. The van der Waals surface area contributed by atoms with Gasteiger partial charge >= 0.3 is 12.4 Å². The maximum atomic E-state index is 12.7. The van der Waals surface area contributed by atoms with Gasteiger partial charge in [0, 0.05) is 0 Å². The van der Waals surface area contributed by atoms with Gasteiger partial charge in [-0.15, -0.1) is 0 Å². The van der Waals surface area contributed by atoms with Crippen molar-refractivity contribution >= 4 is 0 Å². The number of hydrogen-bond acceptors (Lipinski definition) is 1. The zero-order chi connectivity index (χ0) is 16.8. The van der Waals surface area contributed by atoms with Crippen LogP contribution in [0.25, 0.3) is 0 Å². The zero-order valence-electron chi connectivity index (χ0n) is 12.3. The van der Waals surface area contributed by atoms with E-state index < -0.39 is 24.4 Å². The van der Waals surface area contributed by atoms with E-state index in [4.69, 9.17) is 0 Å². The molecule has 1 N–H and O–H groups in total. The van der Waals surface area contributed by atoms with Crippen molar-refractivity contribution in [2.75, 3.05) is 0 Å². The molecule has 0 spiro atoms. The third-order valence-corrected chi connectivity index (χ3v) is 5.18. The molecule has 0 radical (unpaired) electrons. The van der Waals surface area contributed by atoms with Gasteiger partial charge in [-0.2, -0.15) is 26.3 Å². The summed E-state index contributed by atoms with van der Waals surface area (Å²) in [4.78, 5) is 0. The minimum atomic E-state index is -5.71. The van der Waals surface area contributed by atoms with Crippen LogP contribution in [0.15, 0.2) is 12.2 Å². The molecule has 128 valence electrons. The molecular weight excluding hydrogens is 310 g/mol. The van der Waals surface area contributed by atoms with Crippen LogP contribution in [0.4, 0.5) is 26.3 Å². The van der Waals surface area contributed by atoms with Crippen molar-refractivity contribution in [3.8, 4) is 0 Å². The average Bonchev–Trinajstić information content (AvgIpc) is 2.91. The summed E-state index contributed by atoms with van der Waals surface area (Å²) >= 11 is 0. The quantitative estimate of drug-likeness (QED) is 0.555. The topological polar surface area (TPSA) is 20.2 Å². The number of aliphatic hydroxyl groups is 1. The molecule has 2 rings (SSSR count). The lowest BCUT2D eigenvalue weighted by Gasteiger charge is -2.34. The highest BCUT2D eigenvalue weighted by Crippen LogP contribution is 2.57. The minimum absolute atomic E-state index is 0.0391. The van der Waals surface area contributed by atoms with Gasteiger partial charge in [-0.1, -0.05) is 25.5 Å². The Morgan fingerprint density at radius 3 is 2.18 bits per heavy atom.